The summed E-state index contributed by atoms with van der Waals surface area (Å²) in [6.45, 7) is 2.96. The van der Waals surface area contributed by atoms with Crippen LogP contribution < -0.4 is 4.74 Å². The van der Waals surface area contributed by atoms with Gasteiger partial charge in [0.05, 0.1) is 32.9 Å². The zero-order chi connectivity index (χ0) is 17.1. The van der Waals surface area contributed by atoms with Crippen molar-refractivity contribution in [3.63, 3.8) is 0 Å². The standard InChI is InChI=1S/C18H23N3O4/c1-22-14-6-4-5-13(11-14)17-19-16(25-20-17)12-21-8-3-2-7-15(21)18-23-9-10-24-18/h4-6,11,15,18H,2-3,7-10,12H2,1H3. The fourth-order valence-electron chi connectivity index (χ4n) is 3.49. The van der Waals surface area contributed by atoms with Gasteiger partial charge in [-0.3, -0.25) is 4.90 Å². The summed E-state index contributed by atoms with van der Waals surface area (Å²) in [5, 5.41) is 4.12. The maximum atomic E-state index is 5.72. The second-order valence-corrected chi connectivity index (χ2v) is 6.39. The van der Waals surface area contributed by atoms with Crippen molar-refractivity contribution in [1.82, 2.24) is 15.0 Å². The van der Waals surface area contributed by atoms with Gasteiger partial charge in [0, 0.05) is 5.56 Å². The average molecular weight is 345 g/mol. The molecular formula is C18H23N3O4. The third-order valence-electron chi connectivity index (χ3n) is 4.76. The van der Waals surface area contributed by atoms with Crippen LogP contribution in [0.3, 0.4) is 0 Å². The van der Waals surface area contributed by atoms with E-state index in [1.807, 2.05) is 24.3 Å². The second kappa shape index (κ2) is 7.51. The van der Waals surface area contributed by atoms with E-state index in [1.165, 1.54) is 12.8 Å². The SMILES string of the molecule is COc1cccc(-c2noc(CN3CCCCC3C3OCCO3)n2)c1. The number of methoxy groups -OCH3 is 1. The molecule has 2 aliphatic heterocycles. The summed E-state index contributed by atoms with van der Waals surface area (Å²) in [5.41, 5.74) is 0.881. The van der Waals surface area contributed by atoms with Crippen molar-refractivity contribution >= 4 is 0 Å². The molecule has 2 aliphatic rings. The minimum atomic E-state index is -0.138. The first-order valence-corrected chi connectivity index (χ1v) is 8.78. The van der Waals surface area contributed by atoms with Gasteiger partial charge in [-0.1, -0.05) is 23.7 Å². The Morgan fingerprint density at radius 1 is 1.24 bits per heavy atom. The lowest BCUT2D eigenvalue weighted by Crippen LogP contribution is -2.46. The van der Waals surface area contributed by atoms with E-state index in [0.717, 1.165) is 24.3 Å². The van der Waals surface area contributed by atoms with Crippen LogP contribution in [0.1, 0.15) is 25.2 Å². The van der Waals surface area contributed by atoms with Gasteiger partial charge in [0.25, 0.3) is 0 Å². The molecule has 1 unspecified atom stereocenters. The summed E-state index contributed by atoms with van der Waals surface area (Å²) >= 11 is 0. The van der Waals surface area contributed by atoms with Crippen molar-refractivity contribution < 1.29 is 18.7 Å². The van der Waals surface area contributed by atoms with E-state index >= 15 is 0 Å². The predicted octanol–water partition coefficient (Wildman–Crippen LogP) is 2.47. The first-order valence-electron chi connectivity index (χ1n) is 8.78. The van der Waals surface area contributed by atoms with Gasteiger partial charge in [-0.05, 0) is 31.5 Å². The third-order valence-corrected chi connectivity index (χ3v) is 4.76. The first-order chi connectivity index (χ1) is 12.3. The normalized spacial score (nSPS) is 22.4. The molecule has 0 N–H and O–H groups in total. The quantitative estimate of drug-likeness (QED) is 0.824. The molecule has 0 spiro atoms. The van der Waals surface area contributed by atoms with Gasteiger partial charge < -0.3 is 18.7 Å². The van der Waals surface area contributed by atoms with Crippen molar-refractivity contribution in [2.24, 2.45) is 0 Å². The van der Waals surface area contributed by atoms with E-state index in [0.29, 0.717) is 31.5 Å². The molecule has 0 aliphatic carbocycles. The fraction of sp³-hybridized carbons (Fsp3) is 0.556. The van der Waals surface area contributed by atoms with E-state index in [9.17, 15) is 0 Å². The molecular weight excluding hydrogens is 322 g/mol. The highest BCUT2D eigenvalue weighted by atomic mass is 16.7. The van der Waals surface area contributed by atoms with Crippen LogP contribution in [0.5, 0.6) is 5.75 Å². The lowest BCUT2D eigenvalue weighted by molar-refractivity contribution is -0.112. The zero-order valence-electron chi connectivity index (χ0n) is 14.4. The van der Waals surface area contributed by atoms with Crippen molar-refractivity contribution in [2.75, 3.05) is 26.9 Å². The van der Waals surface area contributed by atoms with E-state index in [1.54, 1.807) is 7.11 Å². The van der Waals surface area contributed by atoms with E-state index in [2.05, 4.69) is 15.0 Å². The summed E-state index contributed by atoms with van der Waals surface area (Å²) in [6, 6.07) is 7.91. The molecule has 25 heavy (non-hydrogen) atoms. The van der Waals surface area contributed by atoms with Crippen LogP contribution >= 0.6 is 0 Å². The molecule has 0 saturated carbocycles. The van der Waals surface area contributed by atoms with Crippen LogP contribution in [0.4, 0.5) is 0 Å². The van der Waals surface area contributed by atoms with Gasteiger partial charge in [0.15, 0.2) is 6.29 Å². The van der Waals surface area contributed by atoms with E-state index in [-0.39, 0.29) is 12.3 Å². The Labute approximate surface area is 146 Å². The average Bonchev–Trinajstić information content (AvgIpc) is 3.34. The molecule has 4 rings (SSSR count). The van der Waals surface area contributed by atoms with Gasteiger partial charge in [0.1, 0.15) is 5.75 Å². The largest absolute Gasteiger partial charge is 0.497 e. The van der Waals surface area contributed by atoms with Crippen LogP contribution in [0.15, 0.2) is 28.8 Å². The lowest BCUT2D eigenvalue weighted by Gasteiger charge is -2.36. The summed E-state index contributed by atoms with van der Waals surface area (Å²) < 4.78 is 22.2. The minimum Gasteiger partial charge on any atom is -0.497 e. The van der Waals surface area contributed by atoms with Crippen molar-refractivity contribution in [3.05, 3.63) is 30.2 Å². The van der Waals surface area contributed by atoms with Crippen LogP contribution in [-0.4, -0.2) is 54.2 Å². The number of hydrogen-bond acceptors (Lipinski definition) is 7. The highest BCUT2D eigenvalue weighted by Crippen LogP contribution is 2.26. The summed E-state index contributed by atoms with van der Waals surface area (Å²) in [4.78, 5) is 6.89. The topological polar surface area (TPSA) is 69.9 Å². The fourth-order valence-corrected chi connectivity index (χ4v) is 3.49. The first kappa shape index (κ1) is 16.5. The van der Waals surface area contributed by atoms with E-state index in [4.69, 9.17) is 18.7 Å². The molecule has 7 heteroatoms. The molecule has 2 fully saturated rings. The van der Waals surface area contributed by atoms with Gasteiger partial charge in [-0.15, -0.1) is 0 Å². The maximum absolute atomic E-state index is 5.72. The number of nitrogens with zero attached hydrogens (tertiary/aromatic N) is 3. The Hall–Kier alpha value is -1.96. The molecule has 2 saturated heterocycles. The van der Waals surface area contributed by atoms with E-state index < -0.39 is 0 Å². The molecule has 1 atom stereocenters. The highest BCUT2D eigenvalue weighted by Gasteiger charge is 2.34. The van der Waals surface area contributed by atoms with Crippen LogP contribution in [0.25, 0.3) is 11.4 Å². The van der Waals surface area contributed by atoms with Gasteiger partial charge >= 0.3 is 0 Å². The minimum absolute atomic E-state index is 0.138. The van der Waals surface area contributed by atoms with Crippen LogP contribution in [0.2, 0.25) is 0 Å². The van der Waals surface area contributed by atoms with Gasteiger partial charge in [-0.25, -0.2) is 0 Å². The molecule has 7 nitrogen and oxygen atoms in total. The molecule has 0 bridgehead atoms. The molecule has 2 aromatic rings. The lowest BCUT2D eigenvalue weighted by atomic mass is 10.0. The second-order valence-electron chi connectivity index (χ2n) is 6.39. The predicted molar refractivity (Wildman–Crippen MR) is 90.0 cm³/mol. The Kier molecular flexibility index (Phi) is 4.96. The maximum Gasteiger partial charge on any atom is 0.241 e. The molecule has 0 amide bonds. The summed E-state index contributed by atoms with van der Waals surface area (Å²) in [7, 11) is 1.64. The van der Waals surface area contributed by atoms with Gasteiger partial charge in [-0.2, -0.15) is 4.98 Å². The van der Waals surface area contributed by atoms with Gasteiger partial charge in [0.2, 0.25) is 11.7 Å². The number of hydrogen-bond donors (Lipinski definition) is 0. The highest BCUT2D eigenvalue weighted by molar-refractivity contribution is 5.56. The molecule has 1 aromatic carbocycles. The number of aromatic nitrogens is 2. The van der Waals surface area contributed by atoms with Crippen LogP contribution in [-0.2, 0) is 16.0 Å². The van der Waals surface area contributed by atoms with Crippen LogP contribution in [0, 0.1) is 0 Å². The zero-order valence-corrected chi connectivity index (χ0v) is 14.4. The smallest absolute Gasteiger partial charge is 0.241 e. The monoisotopic (exact) mass is 345 g/mol. The number of piperidine rings is 1. The number of likely N-dealkylation sites (tertiary alicyclic amines) is 1. The Bertz CT molecular complexity index is 699. The van der Waals surface area contributed by atoms with Crippen molar-refractivity contribution in [1.29, 1.82) is 0 Å². The summed E-state index contributed by atoms with van der Waals surface area (Å²) in [5.74, 6) is 1.97. The number of benzene rings is 1. The Morgan fingerprint density at radius 3 is 2.96 bits per heavy atom. The third kappa shape index (κ3) is 3.68. The Morgan fingerprint density at radius 2 is 2.12 bits per heavy atom. The molecule has 3 heterocycles. The molecule has 0 radical (unpaired) electrons. The molecule has 134 valence electrons. The number of ether oxygens (including phenoxy) is 3. The molecule has 1 aromatic heterocycles. The summed E-state index contributed by atoms with van der Waals surface area (Å²) in [6.07, 6.45) is 3.30. The Balaban J connectivity index is 1.47. The van der Waals surface area contributed by atoms with Crippen molar-refractivity contribution in [3.8, 4) is 17.1 Å². The number of rotatable bonds is 5. The van der Waals surface area contributed by atoms with Crippen molar-refractivity contribution in [2.45, 2.75) is 38.1 Å².